The van der Waals surface area contributed by atoms with Crippen LogP contribution in [-0.2, 0) is 5.41 Å². The van der Waals surface area contributed by atoms with Crippen LogP contribution in [0.15, 0.2) is 176 Å². The van der Waals surface area contributed by atoms with Crippen molar-refractivity contribution in [1.29, 1.82) is 0 Å². The fourth-order valence-corrected chi connectivity index (χ4v) is 8.32. The zero-order valence-corrected chi connectivity index (χ0v) is 29.1. The molecule has 0 fully saturated rings. The maximum Gasteiger partial charge on any atom is 0.0541 e. The van der Waals surface area contributed by atoms with E-state index in [-0.39, 0.29) is 5.41 Å². The van der Waals surface area contributed by atoms with Gasteiger partial charge in [-0.05, 0) is 152 Å². The zero-order chi connectivity index (χ0) is 34.8. The molecule has 3 nitrogen and oxygen atoms in total. The monoisotopic (exact) mass is 665 g/mol. The van der Waals surface area contributed by atoms with Crippen molar-refractivity contribution in [3.8, 4) is 61.3 Å². The average molecular weight is 666 g/mol. The van der Waals surface area contributed by atoms with Crippen LogP contribution in [0.1, 0.15) is 25.0 Å². The van der Waals surface area contributed by atoms with E-state index in [0.717, 1.165) is 11.1 Å². The van der Waals surface area contributed by atoms with Crippen LogP contribution in [0.3, 0.4) is 0 Å². The van der Waals surface area contributed by atoms with Crippen LogP contribution in [0.5, 0.6) is 0 Å². The molecule has 3 heteroatoms. The summed E-state index contributed by atoms with van der Waals surface area (Å²) in [6, 6.07) is 55.6. The predicted octanol–water partition coefficient (Wildman–Crippen LogP) is 12.5. The van der Waals surface area contributed by atoms with E-state index >= 15 is 0 Å². The van der Waals surface area contributed by atoms with E-state index in [4.69, 9.17) is 0 Å². The van der Waals surface area contributed by atoms with Crippen LogP contribution < -0.4 is 0 Å². The standard InChI is InChI=1S/C49H35N3/c1-49(2)45-30-35(34-14-17-48-44(29-34)43-10-6-7-11-47(43)52(48)40-8-4-3-5-9-40)12-15-41(45)42-16-13-36(31-46(42)49)39-27-37(32-18-22-50-23-19-32)26-38(28-39)33-20-24-51-25-21-33/h3-31H,1-2H3. The van der Waals surface area contributed by atoms with Crippen molar-refractivity contribution in [3.63, 3.8) is 0 Å². The molecular formula is C49H35N3. The number of hydrogen-bond donors (Lipinski definition) is 0. The van der Waals surface area contributed by atoms with Crippen molar-refractivity contribution < 1.29 is 0 Å². The molecule has 6 aromatic carbocycles. The van der Waals surface area contributed by atoms with Crippen molar-refractivity contribution in [2.45, 2.75) is 19.3 Å². The Balaban J connectivity index is 1.06. The number of fused-ring (bicyclic) bond motifs is 6. The minimum absolute atomic E-state index is 0.166. The Kier molecular flexibility index (Phi) is 6.84. The molecule has 0 saturated heterocycles. The van der Waals surface area contributed by atoms with E-state index in [1.54, 1.807) is 0 Å². The quantitative estimate of drug-likeness (QED) is 0.183. The normalized spacial score (nSPS) is 13.0. The summed E-state index contributed by atoms with van der Waals surface area (Å²) in [5, 5.41) is 2.54. The SMILES string of the molecule is CC1(C)c2cc(-c3cc(-c4ccncc4)cc(-c4ccncc4)c3)ccc2-c2ccc(-c3ccc4c(c3)c3ccccc3n4-c3ccccc3)cc21. The fourth-order valence-electron chi connectivity index (χ4n) is 8.32. The number of hydrogen-bond acceptors (Lipinski definition) is 2. The predicted molar refractivity (Wildman–Crippen MR) is 216 cm³/mol. The number of pyridine rings is 2. The van der Waals surface area contributed by atoms with E-state index in [0.29, 0.717) is 0 Å². The molecule has 0 unspecified atom stereocenters. The minimum atomic E-state index is -0.166. The Morgan fingerprint density at radius 1 is 0.385 bits per heavy atom. The molecule has 0 N–H and O–H groups in total. The van der Waals surface area contributed by atoms with Gasteiger partial charge in [0, 0.05) is 46.7 Å². The fraction of sp³-hybridized carbons (Fsp3) is 0.0612. The molecule has 3 heterocycles. The van der Waals surface area contributed by atoms with Gasteiger partial charge in [-0.2, -0.15) is 0 Å². The Labute approximate surface area is 303 Å². The number of nitrogens with zero attached hydrogens (tertiary/aromatic N) is 3. The zero-order valence-electron chi connectivity index (χ0n) is 29.1. The molecule has 0 bridgehead atoms. The largest absolute Gasteiger partial charge is 0.309 e. The topological polar surface area (TPSA) is 30.7 Å². The summed E-state index contributed by atoms with van der Waals surface area (Å²) in [6.45, 7) is 4.75. The highest BCUT2D eigenvalue weighted by Crippen LogP contribution is 2.51. The molecule has 0 spiro atoms. The van der Waals surface area contributed by atoms with Crippen molar-refractivity contribution in [2.75, 3.05) is 0 Å². The van der Waals surface area contributed by atoms with Gasteiger partial charge in [0.1, 0.15) is 0 Å². The highest BCUT2D eigenvalue weighted by molar-refractivity contribution is 6.10. The average Bonchev–Trinajstić information content (AvgIpc) is 3.66. The molecule has 0 aliphatic heterocycles. The molecule has 9 aromatic rings. The third-order valence-corrected chi connectivity index (χ3v) is 11.0. The highest BCUT2D eigenvalue weighted by atomic mass is 15.0. The first-order chi connectivity index (χ1) is 25.5. The van der Waals surface area contributed by atoms with E-state index in [9.17, 15) is 0 Å². The summed E-state index contributed by atoms with van der Waals surface area (Å²) in [7, 11) is 0. The Hall–Kier alpha value is -6.58. The molecule has 52 heavy (non-hydrogen) atoms. The van der Waals surface area contributed by atoms with Gasteiger partial charge >= 0.3 is 0 Å². The van der Waals surface area contributed by atoms with Gasteiger partial charge in [-0.25, -0.2) is 0 Å². The van der Waals surface area contributed by atoms with Gasteiger partial charge < -0.3 is 4.57 Å². The molecule has 246 valence electrons. The second kappa shape index (κ2) is 11.8. The lowest BCUT2D eigenvalue weighted by Crippen LogP contribution is -2.15. The van der Waals surface area contributed by atoms with Crippen LogP contribution in [0, 0.1) is 0 Å². The van der Waals surface area contributed by atoms with Crippen molar-refractivity contribution in [3.05, 3.63) is 188 Å². The molecule has 0 saturated carbocycles. The number of benzene rings is 6. The molecule has 3 aromatic heterocycles. The van der Waals surface area contributed by atoms with Crippen LogP contribution in [0.25, 0.3) is 83.1 Å². The van der Waals surface area contributed by atoms with Crippen LogP contribution >= 0.6 is 0 Å². The lowest BCUT2D eigenvalue weighted by molar-refractivity contribution is 0.661. The summed E-state index contributed by atoms with van der Waals surface area (Å²) in [5.74, 6) is 0. The van der Waals surface area contributed by atoms with Gasteiger partial charge in [0.15, 0.2) is 0 Å². The summed E-state index contributed by atoms with van der Waals surface area (Å²) in [6.07, 6.45) is 7.44. The van der Waals surface area contributed by atoms with Gasteiger partial charge in [0.25, 0.3) is 0 Å². The van der Waals surface area contributed by atoms with Crippen LogP contribution in [0.2, 0.25) is 0 Å². The first-order valence-corrected chi connectivity index (χ1v) is 17.9. The molecule has 0 atom stereocenters. The summed E-state index contributed by atoms with van der Waals surface area (Å²) < 4.78 is 2.38. The molecular weight excluding hydrogens is 631 g/mol. The van der Waals surface area contributed by atoms with E-state index < -0.39 is 0 Å². The molecule has 0 radical (unpaired) electrons. The number of aromatic nitrogens is 3. The van der Waals surface area contributed by atoms with Crippen LogP contribution in [-0.4, -0.2) is 14.5 Å². The molecule has 1 aliphatic carbocycles. The van der Waals surface area contributed by atoms with Gasteiger partial charge in [0.2, 0.25) is 0 Å². The molecule has 1 aliphatic rings. The maximum absolute atomic E-state index is 4.26. The first kappa shape index (κ1) is 30.3. The van der Waals surface area contributed by atoms with Gasteiger partial charge in [0.05, 0.1) is 11.0 Å². The van der Waals surface area contributed by atoms with Crippen LogP contribution in [0.4, 0.5) is 0 Å². The van der Waals surface area contributed by atoms with E-state index in [1.165, 1.54) is 83.1 Å². The molecule has 10 rings (SSSR count). The number of rotatable bonds is 5. The minimum Gasteiger partial charge on any atom is -0.309 e. The second-order valence-corrected chi connectivity index (χ2v) is 14.3. The summed E-state index contributed by atoms with van der Waals surface area (Å²) in [5.41, 5.74) is 18.3. The Morgan fingerprint density at radius 2 is 0.865 bits per heavy atom. The van der Waals surface area contributed by atoms with Gasteiger partial charge in [-0.15, -0.1) is 0 Å². The van der Waals surface area contributed by atoms with E-state index in [1.807, 2.05) is 24.8 Å². The first-order valence-electron chi connectivity index (χ1n) is 17.9. The summed E-state index contributed by atoms with van der Waals surface area (Å²) >= 11 is 0. The summed E-state index contributed by atoms with van der Waals surface area (Å²) in [4.78, 5) is 8.52. The van der Waals surface area contributed by atoms with Gasteiger partial charge in [-0.1, -0.05) is 80.6 Å². The van der Waals surface area contributed by atoms with E-state index in [2.05, 4.69) is 180 Å². The lowest BCUT2D eigenvalue weighted by atomic mass is 9.80. The second-order valence-electron chi connectivity index (χ2n) is 14.3. The Morgan fingerprint density at radius 3 is 1.48 bits per heavy atom. The van der Waals surface area contributed by atoms with Gasteiger partial charge in [-0.3, -0.25) is 9.97 Å². The highest BCUT2D eigenvalue weighted by Gasteiger charge is 2.36. The Bertz CT molecular complexity index is 2740. The third-order valence-electron chi connectivity index (χ3n) is 11.0. The lowest BCUT2D eigenvalue weighted by Gasteiger charge is -2.23. The third kappa shape index (κ3) is 4.81. The van der Waals surface area contributed by atoms with Crippen molar-refractivity contribution >= 4 is 21.8 Å². The number of para-hydroxylation sites is 2. The van der Waals surface area contributed by atoms with Crippen molar-refractivity contribution in [1.82, 2.24) is 14.5 Å². The maximum atomic E-state index is 4.26. The van der Waals surface area contributed by atoms with Crippen molar-refractivity contribution in [2.24, 2.45) is 0 Å². The molecule has 0 amide bonds. The smallest absolute Gasteiger partial charge is 0.0541 e.